The maximum atomic E-state index is 14.0. The Bertz CT molecular complexity index is 1330. The number of hydrogen-bond acceptors (Lipinski definition) is 7. The fraction of sp³-hybridized carbons (Fsp3) is 0.464. The number of esters is 1. The summed E-state index contributed by atoms with van der Waals surface area (Å²) >= 11 is 6.07. The first-order chi connectivity index (χ1) is 18.5. The Morgan fingerprint density at radius 1 is 1.13 bits per heavy atom. The number of aromatic nitrogens is 3. The number of aromatic amines is 1. The molecule has 0 spiro atoms. The number of carbonyl (C=O) groups is 3. The third kappa shape index (κ3) is 7.06. The number of carbonyl (C=O) groups excluding carboxylic acids is 3. The maximum absolute atomic E-state index is 14.0. The number of nitrogens with zero attached hydrogens (tertiary/aromatic N) is 3. The standard InChI is InChI=1S/C28H35ClN6O4/c1-18(36)31-16-22(19-5-7-20(29)8-6-19)34-26(38)28(15-23(37)39-27(2,3)4)10-13-35(14-11-28)25-21-9-12-30-24(21)32-17-33-25/h5-9,12,17,22H,10-11,13-16H2,1-4H3,(H,31,36)(H,34,38)(H,30,32,33). The molecule has 1 aliphatic rings. The zero-order valence-corrected chi connectivity index (χ0v) is 23.5. The van der Waals surface area contributed by atoms with Crippen LogP contribution in [0.15, 0.2) is 42.9 Å². The molecular formula is C28H35ClN6O4. The topological polar surface area (TPSA) is 129 Å². The molecule has 0 radical (unpaired) electrons. The van der Waals surface area contributed by atoms with Gasteiger partial charge in [0.2, 0.25) is 11.8 Å². The van der Waals surface area contributed by atoms with Gasteiger partial charge in [-0.1, -0.05) is 23.7 Å². The average Bonchev–Trinajstić information content (AvgIpc) is 3.35. The van der Waals surface area contributed by atoms with E-state index in [9.17, 15) is 14.4 Å². The number of anilines is 1. The van der Waals surface area contributed by atoms with E-state index in [0.717, 1.165) is 22.4 Å². The molecule has 3 aromatic rings. The van der Waals surface area contributed by atoms with E-state index in [1.165, 1.54) is 13.3 Å². The van der Waals surface area contributed by atoms with Crippen molar-refractivity contribution in [2.75, 3.05) is 24.5 Å². The third-order valence-electron chi connectivity index (χ3n) is 6.87. The first-order valence-corrected chi connectivity index (χ1v) is 13.4. The molecule has 4 rings (SSSR count). The summed E-state index contributed by atoms with van der Waals surface area (Å²) in [5.41, 5.74) is -0.133. The van der Waals surface area contributed by atoms with Gasteiger partial charge in [0.05, 0.1) is 23.3 Å². The molecule has 1 aliphatic heterocycles. The summed E-state index contributed by atoms with van der Waals surface area (Å²) in [6, 6.07) is 8.53. The van der Waals surface area contributed by atoms with E-state index < -0.39 is 23.0 Å². The molecule has 11 heteroatoms. The number of rotatable bonds is 8. The minimum atomic E-state index is -0.996. The van der Waals surface area contributed by atoms with Crippen molar-refractivity contribution >= 4 is 46.2 Å². The van der Waals surface area contributed by atoms with E-state index in [0.29, 0.717) is 31.0 Å². The van der Waals surface area contributed by atoms with Crippen LogP contribution in [0.3, 0.4) is 0 Å². The number of nitrogens with one attached hydrogen (secondary N) is 3. The van der Waals surface area contributed by atoms with Gasteiger partial charge in [-0.3, -0.25) is 14.4 Å². The van der Waals surface area contributed by atoms with Crippen molar-refractivity contribution in [1.82, 2.24) is 25.6 Å². The molecule has 1 unspecified atom stereocenters. The van der Waals surface area contributed by atoms with Crippen LogP contribution >= 0.6 is 11.6 Å². The normalized spacial score (nSPS) is 16.0. The van der Waals surface area contributed by atoms with Crippen molar-refractivity contribution in [3.8, 4) is 0 Å². The van der Waals surface area contributed by atoms with Crippen molar-refractivity contribution in [2.45, 2.75) is 58.6 Å². The van der Waals surface area contributed by atoms with E-state index in [-0.39, 0.29) is 24.8 Å². The van der Waals surface area contributed by atoms with Crippen LogP contribution in [0.25, 0.3) is 11.0 Å². The first-order valence-electron chi connectivity index (χ1n) is 13.0. The number of halogens is 1. The molecule has 1 atom stereocenters. The highest BCUT2D eigenvalue weighted by Gasteiger charge is 2.45. The lowest BCUT2D eigenvalue weighted by atomic mass is 9.74. The zero-order valence-electron chi connectivity index (χ0n) is 22.7. The Balaban J connectivity index is 1.58. The van der Waals surface area contributed by atoms with Gasteiger partial charge in [0.25, 0.3) is 0 Å². The number of fused-ring (bicyclic) bond motifs is 1. The number of piperidine rings is 1. The SMILES string of the molecule is CC(=O)NCC(NC(=O)C1(CC(=O)OC(C)(C)C)CCN(c2ncnc3[nH]ccc23)CC1)c1ccc(Cl)cc1. The highest BCUT2D eigenvalue weighted by molar-refractivity contribution is 6.30. The Hall–Kier alpha value is -3.66. The van der Waals surface area contributed by atoms with Crippen LogP contribution in [0, 0.1) is 5.41 Å². The molecule has 3 N–H and O–H groups in total. The van der Waals surface area contributed by atoms with Gasteiger partial charge in [0, 0.05) is 37.8 Å². The molecular weight excluding hydrogens is 520 g/mol. The van der Waals surface area contributed by atoms with E-state index in [2.05, 4.69) is 30.5 Å². The molecule has 1 saturated heterocycles. The molecule has 2 amide bonds. The summed E-state index contributed by atoms with van der Waals surface area (Å²) < 4.78 is 5.63. The summed E-state index contributed by atoms with van der Waals surface area (Å²) in [6.07, 6.45) is 4.12. The summed E-state index contributed by atoms with van der Waals surface area (Å²) in [6.45, 7) is 8.08. The summed E-state index contributed by atoms with van der Waals surface area (Å²) in [4.78, 5) is 52.7. The minimum absolute atomic E-state index is 0.0548. The smallest absolute Gasteiger partial charge is 0.307 e. The van der Waals surface area contributed by atoms with Crippen molar-refractivity contribution in [1.29, 1.82) is 0 Å². The van der Waals surface area contributed by atoms with Gasteiger partial charge in [0.15, 0.2) is 0 Å². The Morgan fingerprint density at radius 3 is 2.46 bits per heavy atom. The second-order valence-electron chi connectivity index (χ2n) is 11.0. The van der Waals surface area contributed by atoms with Gasteiger partial charge < -0.3 is 25.3 Å². The number of benzene rings is 1. The number of hydrogen-bond donors (Lipinski definition) is 3. The fourth-order valence-electron chi connectivity index (χ4n) is 4.90. The molecule has 2 aromatic heterocycles. The predicted octanol–water partition coefficient (Wildman–Crippen LogP) is 3.92. The lowest BCUT2D eigenvalue weighted by Crippen LogP contribution is -2.52. The summed E-state index contributed by atoms with van der Waals surface area (Å²) in [5.74, 6) is -0.100. The molecule has 10 nitrogen and oxygen atoms in total. The van der Waals surface area contributed by atoms with Crippen LogP contribution in [0.5, 0.6) is 0 Å². The number of amides is 2. The number of H-pyrrole nitrogens is 1. The van der Waals surface area contributed by atoms with Gasteiger partial charge >= 0.3 is 5.97 Å². The lowest BCUT2D eigenvalue weighted by Gasteiger charge is -2.41. The van der Waals surface area contributed by atoms with Crippen molar-refractivity contribution < 1.29 is 19.1 Å². The largest absolute Gasteiger partial charge is 0.460 e. The van der Waals surface area contributed by atoms with E-state index >= 15 is 0 Å². The van der Waals surface area contributed by atoms with Crippen LogP contribution in [0.4, 0.5) is 5.82 Å². The maximum Gasteiger partial charge on any atom is 0.307 e. The Morgan fingerprint density at radius 2 is 1.82 bits per heavy atom. The molecule has 0 aliphatic carbocycles. The molecule has 0 bridgehead atoms. The van der Waals surface area contributed by atoms with Crippen molar-refractivity contribution in [3.63, 3.8) is 0 Å². The quantitative estimate of drug-likeness (QED) is 0.360. The Labute approximate surface area is 232 Å². The average molecular weight is 555 g/mol. The number of ether oxygens (including phenoxy) is 1. The van der Waals surface area contributed by atoms with Crippen LogP contribution in [0.1, 0.15) is 58.6 Å². The highest BCUT2D eigenvalue weighted by Crippen LogP contribution is 2.39. The van der Waals surface area contributed by atoms with Crippen molar-refractivity contribution in [3.05, 3.63) is 53.4 Å². The minimum Gasteiger partial charge on any atom is -0.460 e. The van der Waals surface area contributed by atoms with Gasteiger partial charge in [-0.05, 0) is 57.4 Å². The zero-order chi connectivity index (χ0) is 28.2. The van der Waals surface area contributed by atoms with Crippen LogP contribution < -0.4 is 15.5 Å². The molecule has 0 saturated carbocycles. The molecule has 3 heterocycles. The lowest BCUT2D eigenvalue weighted by molar-refractivity contribution is -0.161. The second kappa shape index (κ2) is 11.6. The van der Waals surface area contributed by atoms with Crippen LogP contribution in [0.2, 0.25) is 5.02 Å². The first kappa shape index (κ1) is 28.4. The molecule has 39 heavy (non-hydrogen) atoms. The van der Waals surface area contributed by atoms with Crippen LogP contribution in [-0.4, -0.2) is 58.0 Å². The van der Waals surface area contributed by atoms with Gasteiger partial charge in [-0.15, -0.1) is 0 Å². The highest BCUT2D eigenvalue weighted by atomic mass is 35.5. The summed E-state index contributed by atoms with van der Waals surface area (Å²) in [7, 11) is 0. The second-order valence-corrected chi connectivity index (χ2v) is 11.4. The third-order valence-corrected chi connectivity index (χ3v) is 7.12. The predicted molar refractivity (Wildman–Crippen MR) is 149 cm³/mol. The summed E-state index contributed by atoms with van der Waals surface area (Å²) in [5, 5.41) is 7.37. The van der Waals surface area contributed by atoms with Gasteiger partial charge in [-0.25, -0.2) is 9.97 Å². The molecule has 208 valence electrons. The fourth-order valence-corrected chi connectivity index (χ4v) is 5.03. The molecule has 1 fully saturated rings. The molecule has 1 aromatic carbocycles. The van der Waals surface area contributed by atoms with Crippen LogP contribution in [-0.2, 0) is 19.1 Å². The monoisotopic (exact) mass is 554 g/mol. The van der Waals surface area contributed by atoms with E-state index in [4.69, 9.17) is 16.3 Å². The van der Waals surface area contributed by atoms with Gasteiger partial charge in [-0.2, -0.15) is 0 Å². The van der Waals surface area contributed by atoms with E-state index in [1.54, 1.807) is 12.1 Å². The van der Waals surface area contributed by atoms with E-state index in [1.807, 2.05) is 45.2 Å². The van der Waals surface area contributed by atoms with Crippen molar-refractivity contribution in [2.24, 2.45) is 5.41 Å². The Kier molecular flexibility index (Phi) is 8.44. The van der Waals surface area contributed by atoms with Gasteiger partial charge in [0.1, 0.15) is 23.4 Å².